The Morgan fingerprint density at radius 2 is 1.33 bits per heavy atom. The van der Waals surface area contributed by atoms with Gasteiger partial charge in [-0.25, -0.2) is 9.59 Å². The van der Waals surface area contributed by atoms with Crippen LogP contribution in [0, 0.1) is 5.92 Å². The Kier molecular flexibility index (Phi) is 4.23. The molecule has 2 aliphatic heterocycles. The lowest BCUT2D eigenvalue weighted by Gasteiger charge is -2.57. The van der Waals surface area contributed by atoms with Gasteiger partial charge < -0.3 is 19.6 Å². The molecule has 0 spiro atoms. The Hall–Kier alpha value is -1.76. The van der Waals surface area contributed by atoms with E-state index in [4.69, 9.17) is 0 Å². The van der Waals surface area contributed by atoms with E-state index >= 15 is 0 Å². The third-order valence-electron chi connectivity index (χ3n) is 5.51. The highest BCUT2D eigenvalue weighted by atomic mass is 79.9. The van der Waals surface area contributed by atoms with E-state index in [2.05, 4.69) is 22.9 Å². The average Bonchev–Trinajstić information content (AvgIpc) is 2.57. The fourth-order valence-corrected chi connectivity index (χ4v) is 4.36. The molecule has 0 radical (unpaired) electrons. The first-order valence-corrected chi connectivity index (χ1v) is 8.79. The first-order valence-electron chi connectivity index (χ1n) is 8.00. The molecule has 2 saturated heterocycles. The lowest BCUT2D eigenvalue weighted by atomic mass is 9.80. The molecule has 4 amide bonds. The summed E-state index contributed by atoms with van der Waals surface area (Å²) in [4.78, 5) is 32.2. The standard InChI is InChI=1S/C17H23BrN4O2/c1-10-13-14(11-6-8-12(18)9-7-11)20(3)17(24)22(5)15(13)21(4)16(23)19(10)2/h6-10,13-15H,1-5H3/t10-,13+,14-,15-/m0/s1. The van der Waals surface area contributed by atoms with Crippen molar-refractivity contribution in [2.75, 3.05) is 28.2 Å². The number of fused-ring (bicyclic) bond motifs is 1. The Morgan fingerprint density at radius 1 is 0.833 bits per heavy atom. The molecular weight excluding hydrogens is 372 g/mol. The van der Waals surface area contributed by atoms with E-state index in [-0.39, 0.29) is 36.2 Å². The number of rotatable bonds is 1. The predicted molar refractivity (Wildman–Crippen MR) is 95.5 cm³/mol. The van der Waals surface area contributed by atoms with Gasteiger partial charge in [-0.2, -0.15) is 0 Å². The van der Waals surface area contributed by atoms with Crippen LogP contribution < -0.4 is 0 Å². The van der Waals surface area contributed by atoms with Crippen molar-refractivity contribution in [2.45, 2.75) is 25.2 Å². The molecule has 0 saturated carbocycles. The number of carbonyl (C=O) groups excluding carboxylic acids is 2. The average molecular weight is 395 g/mol. The van der Waals surface area contributed by atoms with Crippen molar-refractivity contribution in [3.8, 4) is 0 Å². The largest absolute Gasteiger partial charge is 0.324 e. The summed E-state index contributed by atoms with van der Waals surface area (Å²) in [5.74, 6) is 0.0894. The first-order chi connectivity index (χ1) is 11.3. The van der Waals surface area contributed by atoms with Gasteiger partial charge in [-0.3, -0.25) is 0 Å². The van der Waals surface area contributed by atoms with Crippen LogP contribution in [0.15, 0.2) is 28.7 Å². The molecule has 3 rings (SSSR count). The van der Waals surface area contributed by atoms with Crippen LogP contribution >= 0.6 is 15.9 Å². The fourth-order valence-electron chi connectivity index (χ4n) is 4.09. The number of halogens is 1. The number of carbonyl (C=O) groups is 2. The van der Waals surface area contributed by atoms with Gasteiger partial charge in [0.05, 0.1) is 6.04 Å². The zero-order valence-electron chi connectivity index (χ0n) is 14.6. The Labute approximate surface area is 151 Å². The molecule has 0 unspecified atom stereocenters. The molecule has 2 fully saturated rings. The molecule has 6 nitrogen and oxygen atoms in total. The van der Waals surface area contributed by atoms with Crippen molar-refractivity contribution >= 4 is 28.0 Å². The van der Waals surface area contributed by atoms with Gasteiger partial charge in [-0.05, 0) is 24.6 Å². The molecule has 7 heteroatoms. The summed E-state index contributed by atoms with van der Waals surface area (Å²) < 4.78 is 1.01. The molecule has 130 valence electrons. The van der Waals surface area contributed by atoms with Crippen molar-refractivity contribution in [1.29, 1.82) is 0 Å². The third kappa shape index (κ3) is 2.37. The summed E-state index contributed by atoms with van der Waals surface area (Å²) in [5.41, 5.74) is 1.08. The Balaban J connectivity index is 2.11. The lowest BCUT2D eigenvalue weighted by Crippen LogP contribution is -2.71. The quantitative estimate of drug-likeness (QED) is 0.734. The minimum atomic E-state index is -0.249. The minimum Gasteiger partial charge on any atom is -0.324 e. The van der Waals surface area contributed by atoms with E-state index in [1.165, 1.54) is 0 Å². The topological polar surface area (TPSA) is 47.1 Å². The maximum Gasteiger partial charge on any atom is 0.321 e. The van der Waals surface area contributed by atoms with Crippen LogP contribution in [-0.2, 0) is 0 Å². The SMILES string of the molecule is C[C@H]1[C@H]2[C@@H](N(C)C(=O)N1C)N(C)C(=O)N(C)[C@H]2c1ccc(Br)cc1. The van der Waals surface area contributed by atoms with Crippen LogP contribution in [-0.4, -0.2) is 72.1 Å². The molecule has 1 aromatic rings. The molecule has 1 aromatic carbocycles. The molecule has 24 heavy (non-hydrogen) atoms. The van der Waals surface area contributed by atoms with Gasteiger partial charge in [-0.1, -0.05) is 28.1 Å². The van der Waals surface area contributed by atoms with Gasteiger partial charge in [0.15, 0.2) is 0 Å². The second-order valence-electron chi connectivity index (χ2n) is 6.74. The molecular formula is C17H23BrN4O2. The Bertz CT molecular complexity index is 661. The first kappa shape index (κ1) is 17.1. The van der Waals surface area contributed by atoms with Gasteiger partial charge in [0.25, 0.3) is 0 Å². The van der Waals surface area contributed by atoms with Crippen LogP contribution in [0.3, 0.4) is 0 Å². The highest BCUT2D eigenvalue weighted by molar-refractivity contribution is 9.10. The van der Waals surface area contributed by atoms with Crippen LogP contribution in [0.4, 0.5) is 9.59 Å². The number of hydrogen-bond donors (Lipinski definition) is 0. The molecule has 0 aliphatic carbocycles. The summed E-state index contributed by atoms with van der Waals surface area (Å²) in [6, 6.07) is 7.89. The normalized spacial score (nSPS) is 30.8. The maximum absolute atomic E-state index is 12.8. The molecule has 2 heterocycles. The van der Waals surface area contributed by atoms with Crippen LogP contribution in [0.2, 0.25) is 0 Å². The van der Waals surface area contributed by atoms with Crippen LogP contribution in [0.25, 0.3) is 0 Å². The lowest BCUT2D eigenvalue weighted by molar-refractivity contribution is -0.0652. The highest BCUT2D eigenvalue weighted by Gasteiger charge is 2.53. The van der Waals surface area contributed by atoms with E-state index in [0.717, 1.165) is 10.0 Å². The monoisotopic (exact) mass is 394 g/mol. The van der Waals surface area contributed by atoms with Gasteiger partial charge >= 0.3 is 12.1 Å². The van der Waals surface area contributed by atoms with Gasteiger partial charge in [-0.15, -0.1) is 0 Å². The summed E-state index contributed by atoms with van der Waals surface area (Å²) in [5, 5.41) is 0. The van der Waals surface area contributed by atoms with E-state index < -0.39 is 0 Å². The van der Waals surface area contributed by atoms with Crippen LogP contribution in [0.5, 0.6) is 0 Å². The van der Waals surface area contributed by atoms with Crippen LogP contribution in [0.1, 0.15) is 18.5 Å². The zero-order chi connectivity index (χ0) is 17.8. The van der Waals surface area contributed by atoms with Crippen molar-refractivity contribution in [3.05, 3.63) is 34.3 Å². The van der Waals surface area contributed by atoms with Crippen molar-refractivity contribution < 1.29 is 9.59 Å². The second-order valence-corrected chi connectivity index (χ2v) is 7.65. The van der Waals surface area contributed by atoms with Gasteiger partial charge in [0.2, 0.25) is 0 Å². The number of urea groups is 2. The second kappa shape index (κ2) is 5.95. The number of nitrogens with zero attached hydrogens (tertiary/aromatic N) is 4. The van der Waals surface area contributed by atoms with E-state index in [0.29, 0.717) is 0 Å². The predicted octanol–water partition coefficient (Wildman–Crippen LogP) is 2.82. The maximum atomic E-state index is 12.8. The number of amides is 4. The molecule has 2 aliphatic rings. The van der Waals surface area contributed by atoms with Gasteiger partial charge in [0, 0.05) is 44.6 Å². The number of hydrogen-bond acceptors (Lipinski definition) is 2. The Morgan fingerprint density at radius 3 is 1.88 bits per heavy atom. The van der Waals surface area contributed by atoms with Crippen molar-refractivity contribution in [2.24, 2.45) is 5.92 Å². The molecule has 0 aromatic heterocycles. The van der Waals surface area contributed by atoms with Crippen molar-refractivity contribution in [3.63, 3.8) is 0 Å². The number of benzene rings is 1. The summed E-state index contributed by atoms with van der Waals surface area (Å²) in [6.45, 7) is 2.06. The highest BCUT2D eigenvalue weighted by Crippen LogP contribution is 2.43. The third-order valence-corrected chi connectivity index (χ3v) is 6.03. The molecule has 4 atom stereocenters. The summed E-state index contributed by atoms with van der Waals surface area (Å²) in [7, 11) is 7.21. The smallest absolute Gasteiger partial charge is 0.321 e. The van der Waals surface area contributed by atoms with E-state index in [1.54, 1.807) is 33.7 Å². The summed E-state index contributed by atoms with van der Waals surface area (Å²) in [6.07, 6.45) is -0.249. The fraction of sp³-hybridized carbons (Fsp3) is 0.529. The van der Waals surface area contributed by atoms with E-state index in [1.807, 2.05) is 38.4 Å². The zero-order valence-corrected chi connectivity index (χ0v) is 16.2. The van der Waals surface area contributed by atoms with E-state index in [9.17, 15) is 9.59 Å². The molecule has 0 bridgehead atoms. The van der Waals surface area contributed by atoms with Crippen molar-refractivity contribution in [1.82, 2.24) is 19.6 Å². The summed E-state index contributed by atoms with van der Waals surface area (Å²) >= 11 is 3.46. The molecule has 0 N–H and O–H groups in total. The minimum absolute atomic E-state index is 0.0188. The van der Waals surface area contributed by atoms with Gasteiger partial charge in [0.1, 0.15) is 6.17 Å².